The quantitative estimate of drug-likeness (QED) is 0.776. The molecule has 1 N–H and O–H groups in total. The molecule has 0 unspecified atom stereocenters. The first kappa shape index (κ1) is 9.34. The number of hydrogen-bond donors (Lipinski definition) is 1. The van der Waals surface area contributed by atoms with Crippen LogP contribution in [0.15, 0.2) is 24.3 Å². The third-order valence-electron chi connectivity index (χ3n) is 2.77. The van der Waals surface area contributed by atoms with Gasteiger partial charge in [0.25, 0.3) is 0 Å². The minimum atomic E-state index is 0.603. The third-order valence-corrected chi connectivity index (χ3v) is 2.77. The van der Waals surface area contributed by atoms with Gasteiger partial charge in [-0.25, -0.2) is 0 Å². The van der Waals surface area contributed by atoms with Gasteiger partial charge in [-0.3, -0.25) is 0 Å². The summed E-state index contributed by atoms with van der Waals surface area (Å²) in [6, 6.07) is 8.73. The van der Waals surface area contributed by atoms with E-state index in [1.54, 1.807) is 7.11 Å². The van der Waals surface area contributed by atoms with Crippen LogP contribution in [0.5, 0.6) is 5.75 Å². The van der Waals surface area contributed by atoms with Crippen LogP contribution < -0.4 is 15.0 Å². The van der Waals surface area contributed by atoms with Gasteiger partial charge in [-0.1, -0.05) is 12.1 Å². The molecule has 3 heteroatoms. The monoisotopic (exact) mass is 192 g/mol. The van der Waals surface area contributed by atoms with Crippen molar-refractivity contribution in [1.82, 2.24) is 5.32 Å². The number of benzene rings is 1. The standard InChI is InChI=1S/C11H16N2O/c1-13(9-7-12-8-9)10-5-3-4-6-11(10)14-2/h3-6,9,12H,7-8H2,1-2H3. The molecule has 0 saturated carbocycles. The minimum Gasteiger partial charge on any atom is -0.495 e. The largest absolute Gasteiger partial charge is 0.495 e. The molecule has 14 heavy (non-hydrogen) atoms. The van der Waals surface area contributed by atoms with E-state index in [0.29, 0.717) is 6.04 Å². The Morgan fingerprint density at radius 3 is 2.64 bits per heavy atom. The van der Waals surface area contributed by atoms with Crippen molar-refractivity contribution >= 4 is 5.69 Å². The average Bonchev–Trinajstić information content (AvgIpc) is 2.15. The van der Waals surface area contributed by atoms with Crippen molar-refractivity contribution in [3.05, 3.63) is 24.3 Å². The molecule has 1 fully saturated rings. The van der Waals surface area contributed by atoms with Crippen molar-refractivity contribution in [3.8, 4) is 5.75 Å². The molecular formula is C11H16N2O. The molecule has 0 amide bonds. The molecule has 0 bridgehead atoms. The Bertz CT molecular complexity index is 310. The lowest BCUT2D eigenvalue weighted by molar-refractivity contribution is 0.400. The molecule has 1 saturated heterocycles. The van der Waals surface area contributed by atoms with Crippen LogP contribution in [0.1, 0.15) is 0 Å². The minimum absolute atomic E-state index is 0.603. The Morgan fingerprint density at radius 1 is 1.36 bits per heavy atom. The number of rotatable bonds is 3. The topological polar surface area (TPSA) is 24.5 Å². The van der Waals surface area contributed by atoms with Gasteiger partial charge in [0, 0.05) is 20.1 Å². The van der Waals surface area contributed by atoms with Gasteiger partial charge in [0.2, 0.25) is 0 Å². The molecule has 1 heterocycles. The summed E-state index contributed by atoms with van der Waals surface area (Å²) in [5, 5.41) is 3.27. The van der Waals surface area contributed by atoms with Crippen LogP contribution in [0.3, 0.4) is 0 Å². The molecular weight excluding hydrogens is 176 g/mol. The maximum Gasteiger partial charge on any atom is 0.142 e. The predicted octanol–water partition coefficient (Wildman–Crippen LogP) is 1.10. The molecule has 2 rings (SSSR count). The second-order valence-electron chi connectivity index (χ2n) is 3.59. The molecule has 1 aliphatic heterocycles. The number of nitrogens with zero attached hydrogens (tertiary/aromatic N) is 1. The van der Waals surface area contributed by atoms with E-state index in [9.17, 15) is 0 Å². The Labute approximate surface area is 84.7 Å². The highest BCUT2D eigenvalue weighted by Crippen LogP contribution is 2.28. The van der Waals surface area contributed by atoms with E-state index in [1.807, 2.05) is 18.2 Å². The van der Waals surface area contributed by atoms with Gasteiger partial charge >= 0.3 is 0 Å². The summed E-state index contributed by atoms with van der Waals surface area (Å²) in [7, 11) is 3.83. The van der Waals surface area contributed by atoms with Crippen LogP contribution >= 0.6 is 0 Å². The van der Waals surface area contributed by atoms with E-state index in [-0.39, 0.29) is 0 Å². The number of likely N-dealkylation sites (N-methyl/N-ethyl adjacent to an activating group) is 1. The van der Waals surface area contributed by atoms with Crippen molar-refractivity contribution in [2.75, 3.05) is 32.1 Å². The van der Waals surface area contributed by atoms with E-state index in [1.165, 1.54) is 5.69 Å². The number of nitrogens with one attached hydrogen (secondary N) is 1. The lowest BCUT2D eigenvalue weighted by atomic mass is 10.1. The summed E-state index contributed by atoms with van der Waals surface area (Å²) in [4.78, 5) is 2.27. The van der Waals surface area contributed by atoms with E-state index in [4.69, 9.17) is 4.74 Å². The first-order valence-corrected chi connectivity index (χ1v) is 4.89. The highest BCUT2D eigenvalue weighted by atomic mass is 16.5. The number of para-hydroxylation sites is 2. The molecule has 0 aromatic heterocycles. The first-order valence-electron chi connectivity index (χ1n) is 4.89. The van der Waals surface area contributed by atoms with Crippen molar-refractivity contribution < 1.29 is 4.74 Å². The molecule has 0 atom stereocenters. The van der Waals surface area contributed by atoms with E-state index >= 15 is 0 Å². The average molecular weight is 192 g/mol. The Balaban J connectivity index is 2.20. The third kappa shape index (κ3) is 1.55. The Morgan fingerprint density at radius 2 is 2.07 bits per heavy atom. The molecule has 1 aromatic rings. The summed E-state index contributed by atoms with van der Waals surface area (Å²) in [5.41, 5.74) is 1.17. The molecule has 0 radical (unpaired) electrons. The molecule has 0 spiro atoms. The van der Waals surface area contributed by atoms with E-state index < -0.39 is 0 Å². The second kappa shape index (κ2) is 3.88. The molecule has 0 aliphatic carbocycles. The maximum absolute atomic E-state index is 5.32. The van der Waals surface area contributed by atoms with Crippen LogP contribution in [0.2, 0.25) is 0 Å². The lowest BCUT2D eigenvalue weighted by Gasteiger charge is -2.37. The smallest absolute Gasteiger partial charge is 0.142 e. The van der Waals surface area contributed by atoms with Crippen LogP contribution in [-0.4, -0.2) is 33.3 Å². The van der Waals surface area contributed by atoms with E-state index in [2.05, 4.69) is 23.3 Å². The maximum atomic E-state index is 5.32. The summed E-state index contributed by atoms with van der Waals surface area (Å²) in [6.45, 7) is 2.13. The first-order chi connectivity index (χ1) is 6.83. The van der Waals surface area contributed by atoms with Crippen molar-refractivity contribution in [2.24, 2.45) is 0 Å². The summed E-state index contributed by atoms with van der Waals surface area (Å²) >= 11 is 0. The predicted molar refractivity (Wildman–Crippen MR) is 58.1 cm³/mol. The van der Waals surface area contributed by atoms with Crippen molar-refractivity contribution in [2.45, 2.75) is 6.04 Å². The zero-order valence-corrected chi connectivity index (χ0v) is 8.66. The Kier molecular flexibility index (Phi) is 2.59. The van der Waals surface area contributed by atoms with Gasteiger partial charge in [-0.05, 0) is 12.1 Å². The molecule has 1 aliphatic rings. The summed E-state index contributed by atoms with van der Waals surface area (Å²) in [5.74, 6) is 0.946. The highest BCUT2D eigenvalue weighted by molar-refractivity contribution is 5.58. The number of ether oxygens (including phenoxy) is 1. The van der Waals surface area contributed by atoms with Crippen LogP contribution in [0.4, 0.5) is 5.69 Å². The fraction of sp³-hybridized carbons (Fsp3) is 0.455. The zero-order valence-electron chi connectivity index (χ0n) is 8.66. The number of anilines is 1. The lowest BCUT2D eigenvalue weighted by Crippen LogP contribution is -2.56. The van der Waals surface area contributed by atoms with Gasteiger partial charge in [0.05, 0.1) is 18.8 Å². The van der Waals surface area contributed by atoms with Crippen molar-refractivity contribution in [3.63, 3.8) is 0 Å². The fourth-order valence-electron chi connectivity index (χ4n) is 1.67. The highest BCUT2D eigenvalue weighted by Gasteiger charge is 2.23. The van der Waals surface area contributed by atoms with Crippen LogP contribution in [0.25, 0.3) is 0 Å². The van der Waals surface area contributed by atoms with Gasteiger partial charge in [-0.2, -0.15) is 0 Å². The molecule has 1 aromatic carbocycles. The SMILES string of the molecule is COc1ccccc1N(C)C1CNC1. The number of methoxy groups -OCH3 is 1. The van der Waals surface area contributed by atoms with Crippen LogP contribution in [-0.2, 0) is 0 Å². The fourth-order valence-corrected chi connectivity index (χ4v) is 1.67. The van der Waals surface area contributed by atoms with Crippen LogP contribution in [0, 0.1) is 0 Å². The zero-order chi connectivity index (χ0) is 9.97. The summed E-state index contributed by atoms with van der Waals surface area (Å²) < 4.78 is 5.32. The second-order valence-corrected chi connectivity index (χ2v) is 3.59. The van der Waals surface area contributed by atoms with Gasteiger partial charge in [0.15, 0.2) is 0 Å². The van der Waals surface area contributed by atoms with E-state index in [0.717, 1.165) is 18.8 Å². The molecule has 3 nitrogen and oxygen atoms in total. The molecule has 76 valence electrons. The van der Waals surface area contributed by atoms with Gasteiger partial charge < -0.3 is 15.0 Å². The van der Waals surface area contributed by atoms with Crippen molar-refractivity contribution in [1.29, 1.82) is 0 Å². The number of hydrogen-bond acceptors (Lipinski definition) is 3. The Hall–Kier alpha value is -1.22. The summed E-state index contributed by atoms with van der Waals surface area (Å²) in [6.07, 6.45) is 0. The van der Waals surface area contributed by atoms with Gasteiger partial charge in [0.1, 0.15) is 5.75 Å². The normalized spacial score (nSPS) is 16.1. The van der Waals surface area contributed by atoms with Gasteiger partial charge in [-0.15, -0.1) is 0 Å².